The zero-order chi connectivity index (χ0) is 28.3. The first-order chi connectivity index (χ1) is 19.0. The molecule has 2 fully saturated rings. The van der Waals surface area contributed by atoms with Crippen LogP contribution < -0.4 is 5.32 Å². The number of aromatic amines is 2. The molecule has 3 atom stereocenters. The van der Waals surface area contributed by atoms with Crippen LogP contribution in [0.4, 0.5) is 8.78 Å². The predicted octanol–water partition coefficient (Wildman–Crippen LogP) is 3.98. The largest absolute Gasteiger partial charge is 0.348 e. The van der Waals surface area contributed by atoms with Gasteiger partial charge in [-0.2, -0.15) is 0 Å². The minimum Gasteiger partial charge on any atom is -0.348 e. The first-order valence-corrected chi connectivity index (χ1v) is 13.4. The molecule has 2 saturated heterocycles. The summed E-state index contributed by atoms with van der Waals surface area (Å²) in [4.78, 5) is 54.1. The molecule has 0 aliphatic carbocycles. The van der Waals surface area contributed by atoms with Crippen molar-refractivity contribution in [2.45, 2.75) is 51.2 Å². The van der Waals surface area contributed by atoms with Gasteiger partial charge in [-0.3, -0.25) is 14.4 Å². The molecule has 0 radical (unpaired) electrons. The molecular weight excluding hydrogens is 518 g/mol. The fourth-order valence-electron chi connectivity index (χ4n) is 6.16. The van der Waals surface area contributed by atoms with E-state index in [0.29, 0.717) is 31.4 Å². The number of fused-ring (bicyclic) bond motifs is 4. The van der Waals surface area contributed by atoms with Gasteiger partial charge in [0, 0.05) is 24.5 Å². The van der Waals surface area contributed by atoms with Crippen molar-refractivity contribution >= 4 is 39.7 Å². The van der Waals surface area contributed by atoms with Gasteiger partial charge in [0.25, 0.3) is 11.8 Å². The highest BCUT2D eigenvalue weighted by Crippen LogP contribution is 2.41. The maximum atomic E-state index is 14.2. The number of likely N-dealkylation sites (tertiary alicyclic amines) is 2. The molecule has 0 spiro atoms. The Morgan fingerprint density at radius 1 is 1.15 bits per heavy atom. The first kappa shape index (κ1) is 26.0. The van der Waals surface area contributed by atoms with Gasteiger partial charge in [-0.1, -0.05) is 26.0 Å². The number of carbonyl (C=O) groups excluding carboxylic acids is 3. The van der Waals surface area contributed by atoms with Crippen LogP contribution in [0.3, 0.4) is 0 Å². The van der Waals surface area contributed by atoms with Crippen molar-refractivity contribution in [3.05, 3.63) is 65.6 Å². The molecule has 2 aromatic carbocycles. The average molecular weight is 549 g/mol. The van der Waals surface area contributed by atoms with Crippen LogP contribution in [0.15, 0.2) is 42.5 Å². The highest BCUT2D eigenvalue weighted by atomic mass is 19.1. The molecule has 2 aliphatic heterocycles. The molecule has 208 valence electrons. The number of halogens is 2. The van der Waals surface area contributed by atoms with E-state index < -0.39 is 29.1 Å². The monoisotopic (exact) mass is 548 g/mol. The second-order valence-corrected chi connectivity index (χ2v) is 11.5. The van der Waals surface area contributed by atoms with E-state index in [9.17, 15) is 23.2 Å². The summed E-state index contributed by atoms with van der Waals surface area (Å²) in [5.41, 5.74) is 0.974. The third kappa shape index (κ3) is 4.39. The molecule has 2 bridgehead atoms. The van der Waals surface area contributed by atoms with Crippen molar-refractivity contribution in [1.82, 2.24) is 30.1 Å². The number of H-pyrrole nitrogens is 2. The lowest BCUT2D eigenvalue weighted by atomic mass is 9.98. The number of rotatable bonds is 6. The number of nitrogens with one attached hydrogen (secondary N) is 3. The molecule has 1 unspecified atom stereocenters. The second-order valence-electron chi connectivity index (χ2n) is 11.5. The zero-order valence-corrected chi connectivity index (χ0v) is 22.4. The number of para-hydroxylation sites is 2. The molecule has 2 aliphatic rings. The smallest absolute Gasteiger partial charge is 0.290 e. The Bertz CT molecular complexity index is 1630. The van der Waals surface area contributed by atoms with Gasteiger partial charge in [0.2, 0.25) is 5.91 Å². The lowest BCUT2D eigenvalue weighted by Crippen LogP contribution is -2.60. The molecule has 3 N–H and O–H groups in total. The number of nitrogens with zero attached hydrogens (tertiary/aromatic N) is 3. The van der Waals surface area contributed by atoms with Crippen LogP contribution in [0.25, 0.3) is 21.9 Å². The molecule has 9 nitrogen and oxygen atoms in total. The van der Waals surface area contributed by atoms with Crippen LogP contribution in [0, 0.1) is 17.6 Å². The van der Waals surface area contributed by atoms with Gasteiger partial charge < -0.3 is 25.1 Å². The van der Waals surface area contributed by atoms with Gasteiger partial charge in [0.05, 0.1) is 28.1 Å². The lowest BCUT2D eigenvalue weighted by Gasteiger charge is -2.41. The van der Waals surface area contributed by atoms with Crippen LogP contribution in [0.1, 0.15) is 54.7 Å². The van der Waals surface area contributed by atoms with Gasteiger partial charge in [0.15, 0.2) is 5.82 Å². The third-order valence-corrected chi connectivity index (χ3v) is 7.99. The fourth-order valence-corrected chi connectivity index (χ4v) is 6.16. The number of imidazole rings is 1. The van der Waals surface area contributed by atoms with E-state index in [1.807, 2.05) is 45.0 Å². The Balaban J connectivity index is 1.19. The summed E-state index contributed by atoms with van der Waals surface area (Å²) in [6, 6.07) is 9.71. The lowest BCUT2D eigenvalue weighted by molar-refractivity contribution is -0.139. The molecule has 6 rings (SSSR count). The SMILES string of the molecule is CC(C)C[C@H](NC(=O)c1cc2cc(F)cc(F)c2[nH]1)C(=O)N1C[C@@H]2CC1(C)CN2C(=O)c1nc2ccccc2[nH]1. The highest BCUT2D eigenvalue weighted by Gasteiger charge is 2.56. The van der Waals surface area contributed by atoms with Crippen molar-refractivity contribution in [2.24, 2.45) is 5.92 Å². The standard InChI is InChI=1S/C29H30F2N6O3/c1-15(2)8-23(35-26(38)22-10-16-9-17(30)11-19(31)24(16)32-22)27(39)37-13-18-12-29(37,3)14-36(18)28(40)25-33-20-6-4-5-7-21(20)34-25/h4-7,9-11,15,18,23,32H,8,12-14H2,1-3H3,(H,33,34)(H,35,38)/t18-,23-,29?/m0/s1. The Morgan fingerprint density at radius 2 is 1.93 bits per heavy atom. The number of amides is 3. The Labute approximate surface area is 228 Å². The number of carbonyl (C=O) groups is 3. The van der Waals surface area contributed by atoms with Crippen molar-refractivity contribution in [3.8, 4) is 0 Å². The first-order valence-electron chi connectivity index (χ1n) is 13.4. The van der Waals surface area contributed by atoms with Crippen molar-refractivity contribution in [2.75, 3.05) is 13.1 Å². The second kappa shape index (κ2) is 9.42. The maximum absolute atomic E-state index is 14.2. The molecule has 11 heteroatoms. The molecule has 3 amide bonds. The minimum absolute atomic E-state index is 0.0249. The summed E-state index contributed by atoms with van der Waals surface area (Å²) in [5, 5.41) is 3.04. The van der Waals surface area contributed by atoms with Crippen LogP contribution in [-0.4, -0.2) is 73.2 Å². The minimum atomic E-state index is -0.823. The molecule has 4 heterocycles. The maximum Gasteiger partial charge on any atom is 0.290 e. The summed E-state index contributed by atoms with van der Waals surface area (Å²) in [6.07, 6.45) is 1.02. The van der Waals surface area contributed by atoms with Crippen LogP contribution >= 0.6 is 0 Å². The number of piperazine rings is 1. The quantitative estimate of drug-likeness (QED) is 0.338. The molecular formula is C29H30F2N6O3. The molecule has 4 aromatic rings. The van der Waals surface area contributed by atoms with Gasteiger partial charge in [0.1, 0.15) is 23.4 Å². The van der Waals surface area contributed by atoms with Gasteiger partial charge in [-0.05, 0) is 49.9 Å². The highest BCUT2D eigenvalue weighted by molar-refractivity contribution is 6.00. The summed E-state index contributed by atoms with van der Waals surface area (Å²) < 4.78 is 27.8. The van der Waals surface area contributed by atoms with Gasteiger partial charge >= 0.3 is 0 Å². The number of benzene rings is 2. The topological polar surface area (TPSA) is 114 Å². The van der Waals surface area contributed by atoms with E-state index in [1.165, 1.54) is 6.07 Å². The van der Waals surface area contributed by atoms with E-state index >= 15 is 0 Å². The molecule has 2 aromatic heterocycles. The van der Waals surface area contributed by atoms with Crippen LogP contribution in [-0.2, 0) is 4.79 Å². The van der Waals surface area contributed by atoms with Crippen molar-refractivity contribution in [1.29, 1.82) is 0 Å². The summed E-state index contributed by atoms with van der Waals surface area (Å²) >= 11 is 0. The van der Waals surface area contributed by atoms with Crippen molar-refractivity contribution < 1.29 is 23.2 Å². The van der Waals surface area contributed by atoms with Crippen molar-refractivity contribution in [3.63, 3.8) is 0 Å². The summed E-state index contributed by atoms with van der Waals surface area (Å²) in [5.74, 6) is -2.17. The van der Waals surface area contributed by atoms with E-state index in [1.54, 1.807) is 9.80 Å². The van der Waals surface area contributed by atoms with E-state index in [2.05, 4.69) is 20.3 Å². The van der Waals surface area contributed by atoms with Gasteiger partial charge in [-0.25, -0.2) is 13.8 Å². The number of hydrogen-bond acceptors (Lipinski definition) is 4. The molecule has 0 saturated carbocycles. The van der Waals surface area contributed by atoms with Crippen LogP contribution in [0.2, 0.25) is 0 Å². The van der Waals surface area contributed by atoms with Crippen LogP contribution in [0.5, 0.6) is 0 Å². The summed E-state index contributed by atoms with van der Waals surface area (Å²) in [7, 11) is 0. The van der Waals surface area contributed by atoms with Gasteiger partial charge in [-0.15, -0.1) is 0 Å². The normalized spacial score (nSPS) is 21.1. The number of aromatic nitrogens is 3. The van der Waals surface area contributed by atoms with E-state index in [0.717, 1.165) is 17.6 Å². The average Bonchev–Trinajstić information content (AvgIpc) is 3.66. The summed E-state index contributed by atoms with van der Waals surface area (Å²) in [6.45, 7) is 6.58. The van der Waals surface area contributed by atoms with E-state index in [-0.39, 0.29) is 46.2 Å². The number of hydrogen-bond donors (Lipinski definition) is 3. The predicted molar refractivity (Wildman–Crippen MR) is 145 cm³/mol. The van der Waals surface area contributed by atoms with E-state index in [4.69, 9.17) is 0 Å². The fraction of sp³-hybridized carbons (Fsp3) is 0.379. The Kier molecular flexibility index (Phi) is 6.12. The Hall–Kier alpha value is -4.28. The third-order valence-electron chi connectivity index (χ3n) is 7.99. The molecule has 40 heavy (non-hydrogen) atoms. The zero-order valence-electron chi connectivity index (χ0n) is 22.4. The Morgan fingerprint density at radius 3 is 2.62 bits per heavy atom.